The van der Waals surface area contributed by atoms with E-state index in [1.807, 2.05) is 0 Å². The molecule has 1 aliphatic carbocycles. The van der Waals surface area contributed by atoms with Crippen LogP contribution in [0.1, 0.15) is 24.6 Å². The molecule has 0 unspecified atom stereocenters. The molecule has 0 saturated heterocycles. The summed E-state index contributed by atoms with van der Waals surface area (Å²) in [5.41, 5.74) is 1.95. The number of aryl methyl sites for hydroxylation is 1. The van der Waals surface area contributed by atoms with E-state index < -0.39 is 0 Å². The zero-order chi connectivity index (χ0) is 15.5. The quantitative estimate of drug-likeness (QED) is 0.936. The van der Waals surface area contributed by atoms with Gasteiger partial charge in [0.1, 0.15) is 5.75 Å². The Labute approximate surface area is 133 Å². The lowest BCUT2D eigenvalue weighted by molar-refractivity contribution is -0.118. The first kappa shape index (κ1) is 14.9. The van der Waals surface area contributed by atoms with E-state index in [4.69, 9.17) is 20.9 Å². The first-order valence-electron chi connectivity index (χ1n) is 7.28. The van der Waals surface area contributed by atoms with Crippen molar-refractivity contribution in [2.45, 2.75) is 26.2 Å². The molecule has 6 heteroatoms. The Morgan fingerprint density at radius 3 is 3.14 bits per heavy atom. The second-order valence-electron chi connectivity index (χ2n) is 5.55. The van der Waals surface area contributed by atoms with Gasteiger partial charge in [0.15, 0.2) is 6.61 Å². The number of benzene rings is 1. The lowest BCUT2D eigenvalue weighted by Gasteiger charge is -2.16. The fourth-order valence-electron chi connectivity index (χ4n) is 2.55. The predicted molar refractivity (Wildman–Crippen MR) is 83.3 cm³/mol. The van der Waals surface area contributed by atoms with Gasteiger partial charge < -0.3 is 9.26 Å². The van der Waals surface area contributed by atoms with Gasteiger partial charge in [0.25, 0.3) is 5.91 Å². The van der Waals surface area contributed by atoms with Gasteiger partial charge in [0, 0.05) is 5.56 Å². The van der Waals surface area contributed by atoms with Gasteiger partial charge in [-0.05, 0) is 37.3 Å². The number of fused-ring (bicyclic) bond motifs is 1. The first-order valence-corrected chi connectivity index (χ1v) is 7.66. The van der Waals surface area contributed by atoms with Crippen molar-refractivity contribution in [2.24, 2.45) is 5.92 Å². The number of carbonyl (C=O) groups is 1. The SMILES string of the molecule is C[C@@H]1CCc2noc(NC(=O)COc3ccccc3Cl)c2C1. The van der Waals surface area contributed by atoms with Gasteiger partial charge in [-0.2, -0.15) is 0 Å². The van der Waals surface area contributed by atoms with Crippen LogP contribution in [0.3, 0.4) is 0 Å². The van der Waals surface area contributed by atoms with Crippen molar-refractivity contribution in [3.8, 4) is 5.75 Å². The molecule has 0 spiro atoms. The maximum Gasteiger partial charge on any atom is 0.264 e. The third kappa shape index (κ3) is 3.25. The number of ether oxygens (including phenoxy) is 1. The number of anilines is 1. The molecule has 2 aromatic rings. The molecule has 1 heterocycles. The maximum absolute atomic E-state index is 12.0. The Balaban J connectivity index is 1.61. The minimum absolute atomic E-state index is 0.130. The number of rotatable bonds is 4. The Kier molecular flexibility index (Phi) is 4.34. The predicted octanol–water partition coefficient (Wildman–Crippen LogP) is 3.47. The van der Waals surface area contributed by atoms with Crippen LogP contribution in [0.25, 0.3) is 0 Å². The molecule has 22 heavy (non-hydrogen) atoms. The lowest BCUT2D eigenvalue weighted by Crippen LogP contribution is -2.21. The van der Waals surface area contributed by atoms with Crippen molar-refractivity contribution in [3.05, 3.63) is 40.5 Å². The van der Waals surface area contributed by atoms with Gasteiger partial charge >= 0.3 is 0 Å². The highest BCUT2D eigenvalue weighted by atomic mass is 35.5. The zero-order valence-electron chi connectivity index (χ0n) is 12.3. The Morgan fingerprint density at radius 1 is 1.50 bits per heavy atom. The zero-order valence-corrected chi connectivity index (χ0v) is 13.0. The van der Waals surface area contributed by atoms with Crippen molar-refractivity contribution in [1.29, 1.82) is 0 Å². The molecule has 5 nitrogen and oxygen atoms in total. The summed E-state index contributed by atoms with van der Waals surface area (Å²) < 4.78 is 10.7. The summed E-state index contributed by atoms with van der Waals surface area (Å²) >= 11 is 5.98. The summed E-state index contributed by atoms with van der Waals surface area (Å²) in [4.78, 5) is 12.0. The Morgan fingerprint density at radius 2 is 2.32 bits per heavy atom. The van der Waals surface area contributed by atoms with E-state index in [9.17, 15) is 4.79 Å². The van der Waals surface area contributed by atoms with Crippen LogP contribution in [0, 0.1) is 5.92 Å². The molecular weight excluding hydrogens is 304 g/mol. The molecule has 1 aliphatic rings. The summed E-state index contributed by atoms with van der Waals surface area (Å²) in [6.07, 6.45) is 2.87. The summed E-state index contributed by atoms with van der Waals surface area (Å²) in [6, 6.07) is 7.03. The van der Waals surface area contributed by atoms with Gasteiger partial charge in [-0.3, -0.25) is 10.1 Å². The van der Waals surface area contributed by atoms with Crippen LogP contribution in [0.15, 0.2) is 28.8 Å². The highest BCUT2D eigenvalue weighted by molar-refractivity contribution is 6.32. The fraction of sp³-hybridized carbons (Fsp3) is 0.375. The van der Waals surface area contributed by atoms with Crippen LogP contribution in [0.4, 0.5) is 5.88 Å². The molecule has 3 rings (SSSR count). The standard InChI is InChI=1S/C16H17ClN2O3/c1-10-6-7-13-11(8-10)16(22-19-13)18-15(20)9-21-14-5-3-2-4-12(14)17/h2-5,10H,6-9H2,1H3,(H,18,20)/t10-/m1/s1. The van der Waals surface area contributed by atoms with Crippen LogP contribution >= 0.6 is 11.6 Å². The molecule has 0 radical (unpaired) electrons. The van der Waals surface area contributed by atoms with Gasteiger partial charge in [-0.1, -0.05) is 35.8 Å². The van der Waals surface area contributed by atoms with Crippen molar-refractivity contribution < 1.29 is 14.1 Å². The van der Waals surface area contributed by atoms with E-state index >= 15 is 0 Å². The number of aromatic nitrogens is 1. The van der Waals surface area contributed by atoms with Crippen LogP contribution in [0.2, 0.25) is 5.02 Å². The lowest BCUT2D eigenvalue weighted by atomic mass is 9.89. The van der Waals surface area contributed by atoms with Crippen molar-refractivity contribution in [3.63, 3.8) is 0 Å². The number of halogens is 1. The molecule has 1 amide bonds. The number of nitrogens with zero attached hydrogens (tertiary/aromatic N) is 1. The molecule has 1 aromatic carbocycles. The average molecular weight is 321 g/mol. The minimum Gasteiger partial charge on any atom is -0.482 e. The maximum atomic E-state index is 12.0. The smallest absolute Gasteiger partial charge is 0.264 e. The Hall–Kier alpha value is -2.01. The molecule has 0 saturated carbocycles. The molecule has 116 valence electrons. The summed E-state index contributed by atoms with van der Waals surface area (Å²) in [5.74, 6) is 1.20. The summed E-state index contributed by atoms with van der Waals surface area (Å²) in [7, 11) is 0. The topological polar surface area (TPSA) is 64.4 Å². The average Bonchev–Trinajstić information content (AvgIpc) is 2.89. The number of nitrogens with one attached hydrogen (secondary N) is 1. The Bertz CT molecular complexity index is 684. The van der Waals surface area contributed by atoms with Gasteiger partial charge in [0.05, 0.1) is 10.7 Å². The van der Waals surface area contributed by atoms with E-state index in [0.717, 1.165) is 30.5 Å². The van der Waals surface area contributed by atoms with Crippen LogP contribution < -0.4 is 10.1 Å². The van der Waals surface area contributed by atoms with Crippen LogP contribution in [-0.4, -0.2) is 17.7 Å². The van der Waals surface area contributed by atoms with E-state index in [-0.39, 0.29) is 12.5 Å². The van der Waals surface area contributed by atoms with Gasteiger partial charge in [-0.25, -0.2) is 0 Å². The van der Waals surface area contributed by atoms with Crippen LogP contribution in [0.5, 0.6) is 5.75 Å². The normalized spacial score (nSPS) is 16.9. The van der Waals surface area contributed by atoms with Gasteiger partial charge in [0.2, 0.25) is 5.88 Å². The second kappa shape index (κ2) is 6.40. The van der Waals surface area contributed by atoms with Gasteiger partial charge in [-0.15, -0.1) is 0 Å². The molecule has 0 bridgehead atoms. The third-order valence-corrected chi connectivity index (χ3v) is 4.06. The molecule has 1 N–H and O–H groups in total. The second-order valence-corrected chi connectivity index (χ2v) is 5.96. The highest BCUT2D eigenvalue weighted by Gasteiger charge is 2.24. The van der Waals surface area contributed by atoms with Crippen molar-refractivity contribution in [1.82, 2.24) is 5.16 Å². The largest absolute Gasteiger partial charge is 0.482 e. The minimum atomic E-state index is -0.294. The molecule has 0 fully saturated rings. The summed E-state index contributed by atoms with van der Waals surface area (Å²) in [6.45, 7) is 2.05. The van der Waals surface area contributed by atoms with Crippen LogP contribution in [-0.2, 0) is 17.6 Å². The highest BCUT2D eigenvalue weighted by Crippen LogP contribution is 2.30. The van der Waals surface area contributed by atoms with E-state index in [1.165, 1.54) is 0 Å². The number of hydrogen-bond acceptors (Lipinski definition) is 4. The number of hydrogen-bond donors (Lipinski definition) is 1. The van der Waals surface area contributed by atoms with E-state index in [1.54, 1.807) is 24.3 Å². The third-order valence-electron chi connectivity index (χ3n) is 3.74. The number of amides is 1. The molecule has 1 atom stereocenters. The summed E-state index contributed by atoms with van der Waals surface area (Å²) in [5, 5.41) is 7.22. The molecular formula is C16H17ClN2O3. The molecule has 0 aliphatic heterocycles. The van der Waals surface area contributed by atoms with E-state index in [2.05, 4.69) is 17.4 Å². The number of carbonyl (C=O) groups excluding carboxylic acids is 1. The van der Waals surface area contributed by atoms with Crippen molar-refractivity contribution >= 4 is 23.4 Å². The monoisotopic (exact) mass is 320 g/mol. The van der Waals surface area contributed by atoms with Crippen molar-refractivity contribution in [2.75, 3.05) is 11.9 Å². The first-order chi connectivity index (χ1) is 10.6. The van der Waals surface area contributed by atoms with E-state index in [0.29, 0.717) is 22.6 Å². The number of para-hydroxylation sites is 1. The molecule has 1 aromatic heterocycles. The fourth-order valence-corrected chi connectivity index (χ4v) is 2.74.